The second kappa shape index (κ2) is 7.00. The van der Waals surface area contributed by atoms with Gasteiger partial charge in [-0.15, -0.1) is 6.58 Å². The van der Waals surface area contributed by atoms with Crippen LogP contribution >= 0.6 is 0 Å². The van der Waals surface area contributed by atoms with Crippen molar-refractivity contribution in [2.24, 2.45) is 11.3 Å². The van der Waals surface area contributed by atoms with Crippen molar-refractivity contribution in [3.05, 3.63) is 12.7 Å². The summed E-state index contributed by atoms with van der Waals surface area (Å²) in [6.45, 7) is 10.3. The average molecular weight is 216 g/mol. The van der Waals surface area contributed by atoms with Crippen molar-refractivity contribution in [3.8, 4) is 0 Å². The average Bonchev–Trinajstić information content (AvgIpc) is 2.24. The molecule has 0 saturated heterocycles. The molecule has 0 aliphatic rings. The van der Waals surface area contributed by atoms with Gasteiger partial charge in [0.2, 0.25) is 0 Å². The molecule has 0 N–H and O–H groups in total. The van der Waals surface area contributed by atoms with E-state index in [0.717, 1.165) is 12.8 Å². The van der Waals surface area contributed by atoms with Gasteiger partial charge in [0.1, 0.15) is 6.17 Å². The van der Waals surface area contributed by atoms with Gasteiger partial charge < -0.3 is 4.74 Å². The fourth-order valence-corrected chi connectivity index (χ4v) is 1.98. The summed E-state index contributed by atoms with van der Waals surface area (Å²) in [5.74, 6) is 0.0300. The van der Waals surface area contributed by atoms with Crippen molar-refractivity contribution >= 4 is 0 Å². The van der Waals surface area contributed by atoms with Gasteiger partial charge in [0.05, 0.1) is 6.61 Å². The molecular weight excluding hydrogens is 191 g/mol. The summed E-state index contributed by atoms with van der Waals surface area (Å²) in [4.78, 5) is 0. The lowest BCUT2D eigenvalue weighted by Crippen LogP contribution is -2.35. The third-order valence-electron chi connectivity index (χ3n) is 3.43. The van der Waals surface area contributed by atoms with E-state index < -0.39 is 6.17 Å². The van der Waals surface area contributed by atoms with Crippen LogP contribution in [0.5, 0.6) is 0 Å². The smallest absolute Gasteiger partial charge is 0.103 e. The number of hydrogen-bond acceptors (Lipinski definition) is 1. The minimum absolute atomic E-state index is 0.0300. The lowest BCUT2D eigenvalue weighted by Gasteiger charge is -2.36. The molecule has 0 aromatic heterocycles. The van der Waals surface area contributed by atoms with Crippen LogP contribution in [0.25, 0.3) is 0 Å². The van der Waals surface area contributed by atoms with Gasteiger partial charge in [0.25, 0.3) is 0 Å². The van der Waals surface area contributed by atoms with Gasteiger partial charge in [-0.2, -0.15) is 0 Å². The van der Waals surface area contributed by atoms with Crippen molar-refractivity contribution in [2.45, 2.75) is 46.2 Å². The molecule has 90 valence electrons. The van der Waals surface area contributed by atoms with Crippen LogP contribution in [-0.2, 0) is 4.74 Å². The molecule has 0 aliphatic carbocycles. The molecule has 2 heteroatoms. The SMILES string of the molecule is C=CCC[C@](C)(COC)[C@H](C)[C@@H](F)CC. The molecule has 0 aromatic carbocycles. The van der Waals surface area contributed by atoms with Gasteiger partial charge in [-0.1, -0.05) is 26.8 Å². The van der Waals surface area contributed by atoms with Crippen LogP contribution in [0.3, 0.4) is 0 Å². The molecule has 0 aliphatic heterocycles. The molecule has 3 atom stereocenters. The molecule has 15 heavy (non-hydrogen) atoms. The highest BCUT2D eigenvalue weighted by atomic mass is 19.1. The fraction of sp³-hybridized carbons (Fsp3) is 0.846. The first-order valence-corrected chi connectivity index (χ1v) is 5.75. The molecular formula is C13H25FO. The van der Waals surface area contributed by atoms with Crippen LogP contribution in [0, 0.1) is 11.3 Å². The standard InChI is InChI=1S/C13H25FO/c1-6-8-9-13(4,10-15-5)11(3)12(14)7-2/h6,11-12H,1,7-10H2,2-5H3/t11-,12+,13-/m1/s1. The molecule has 0 unspecified atom stereocenters. The topological polar surface area (TPSA) is 9.23 Å². The number of halogens is 1. The maximum absolute atomic E-state index is 13.7. The maximum Gasteiger partial charge on any atom is 0.103 e. The van der Waals surface area contributed by atoms with Crippen molar-refractivity contribution in [1.82, 2.24) is 0 Å². The van der Waals surface area contributed by atoms with E-state index in [1.165, 1.54) is 0 Å². The Labute approximate surface area is 93.7 Å². The normalized spacial score (nSPS) is 19.3. The highest BCUT2D eigenvalue weighted by Crippen LogP contribution is 2.37. The van der Waals surface area contributed by atoms with Gasteiger partial charge in [-0.25, -0.2) is 4.39 Å². The summed E-state index contributed by atoms with van der Waals surface area (Å²) in [6, 6.07) is 0. The van der Waals surface area contributed by atoms with Crippen molar-refractivity contribution in [3.63, 3.8) is 0 Å². The Kier molecular flexibility index (Phi) is 6.82. The Balaban J connectivity index is 4.51. The molecule has 1 nitrogen and oxygen atoms in total. The zero-order valence-electron chi connectivity index (χ0n) is 10.6. The van der Waals surface area contributed by atoms with Gasteiger partial charge in [0, 0.05) is 7.11 Å². The number of ether oxygens (including phenoxy) is 1. The van der Waals surface area contributed by atoms with Gasteiger partial charge in [-0.05, 0) is 30.6 Å². The predicted molar refractivity (Wildman–Crippen MR) is 63.8 cm³/mol. The molecule has 0 heterocycles. The van der Waals surface area contributed by atoms with E-state index in [9.17, 15) is 4.39 Å². The number of hydrogen-bond donors (Lipinski definition) is 0. The quantitative estimate of drug-likeness (QED) is 0.557. The highest BCUT2D eigenvalue weighted by Gasteiger charge is 2.35. The Bertz CT molecular complexity index is 181. The summed E-state index contributed by atoms with van der Waals surface area (Å²) in [5.41, 5.74) is -0.0850. The van der Waals surface area contributed by atoms with E-state index in [0.29, 0.717) is 13.0 Å². The molecule has 0 radical (unpaired) electrons. The van der Waals surface area contributed by atoms with Gasteiger partial charge >= 0.3 is 0 Å². The number of methoxy groups -OCH3 is 1. The number of allylic oxidation sites excluding steroid dienone is 1. The summed E-state index contributed by atoms with van der Waals surface area (Å²) < 4.78 is 18.9. The van der Waals surface area contributed by atoms with E-state index in [1.807, 2.05) is 19.9 Å². The lowest BCUT2D eigenvalue weighted by molar-refractivity contribution is 0.0102. The van der Waals surface area contributed by atoms with E-state index in [4.69, 9.17) is 4.74 Å². The molecule has 0 saturated carbocycles. The van der Waals surface area contributed by atoms with Gasteiger partial charge in [0.15, 0.2) is 0 Å². The zero-order chi connectivity index (χ0) is 11.9. The molecule has 0 rings (SSSR count). The van der Waals surface area contributed by atoms with E-state index >= 15 is 0 Å². The zero-order valence-corrected chi connectivity index (χ0v) is 10.6. The van der Waals surface area contributed by atoms with Crippen molar-refractivity contribution in [1.29, 1.82) is 0 Å². The fourth-order valence-electron chi connectivity index (χ4n) is 1.98. The highest BCUT2D eigenvalue weighted by molar-refractivity contribution is 4.86. The Morgan fingerprint density at radius 2 is 2.13 bits per heavy atom. The first-order valence-electron chi connectivity index (χ1n) is 5.75. The van der Waals surface area contributed by atoms with E-state index in [1.54, 1.807) is 7.11 Å². The lowest BCUT2D eigenvalue weighted by atomic mass is 9.72. The van der Waals surface area contributed by atoms with Crippen molar-refractivity contribution in [2.75, 3.05) is 13.7 Å². The Morgan fingerprint density at radius 1 is 1.53 bits per heavy atom. The largest absolute Gasteiger partial charge is 0.384 e. The minimum atomic E-state index is -0.741. The van der Waals surface area contributed by atoms with Crippen LogP contribution in [0.4, 0.5) is 4.39 Å². The van der Waals surface area contributed by atoms with Crippen LogP contribution in [0.1, 0.15) is 40.0 Å². The summed E-state index contributed by atoms with van der Waals surface area (Å²) in [5, 5.41) is 0. The third-order valence-corrected chi connectivity index (χ3v) is 3.43. The predicted octanol–water partition coefficient (Wildman–Crippen LogP) is 3.99. The number of alkyl halides is 1. The summed E-state index contributed by atoms with van der Waals surface area (Å²) in [7, 11) is 1.68. The van der Waals surface area contributed by atoms with Crippen LogP contribution in [0.2, 0.25) is 0 Å². The summed E-state index contributed by atoms with van der Waals surface area (Å²) in [6.07, 6.45) is 3.58. The van der Waals surface area contributed by atoms with E-state index in [2.05, 4.69) is 13.5 Å². The molecule has 0 amide bonds. The minimum Gasteiger partial charge on any atom is -0.384 e. The third kappa shape index (κ3) is 4.33. The van der Waals surface area contributed by atoms with Crippen LogP contribution < -0.4 is 0 Å². The maximum atomic E-state index is 13.7. The Morgan fingerprint density at radius 3 is 2.53 bits per heavy atom. The first-order chi connectivity index (χ1) is 7.01. The van der Waals surface area contributed by atoms with Gasteiger partial charge in [-0.3, -0.25) is 0 Å². The molecule has 0 bridgehead atoms. The second-order valence-corrected chi connectivity index (χ2v) is 4.63. The van der Waals surface area contributed by atoms with Crippen molar-refractivity contribution < 1.29 is 9.13 Å². The van der Waals surface area contributed by atoms with Crippen LogP contribution in [0.15, 0.2) is 12.7 Å². The van der Waals surface area contributed by atoms with Crippen LogP contribution in [-0.4, -0.2) is 19.9 Å². The second-order valence-electron chi connectivity index (χ2n) is 4.63. The first kappa shape index (κ1) is 14.6. The summed E-state index contributed by atoms with van der Waals surface area (Å²) >= 11 is 0. The molecule has 0 fully saturated rings. The Hall–Kier alpha value is -0.370. The van der Waals surface area contributed by atoms with E-state index in [-0.39, 0.29) is 11.3 Å². The molecule has 0 aromatic rings. The molecule has 0 spiro atoms. The number of rotatable bonds is 8. The monoisotopic (exact) mass is 216 g/mol.